The van der Waals surface area contributed by atoms with Crippen LogP contribution in [0.5, 0.6) is 5.75 Å². The smallest absolute Gasteiger partial charge is 0.260 e. The van der Waals surface area contributed by atoms with Crippen molar-refractivity contribution in [3.8, 4) is 5.75 Å². The number of likely N-dealkylation sites (tertiary alicyclic amines) is 1. The van der Waals surface area contributed by atoms with E-state index < -0.39 is 5.60 Å². The van der Waals surface area contributed by atoms with E-state index in [4.69, 9.17) is 27.9 Å². The summed E-state index contributed by atoms with van der Waals surface area (Å²) in [6, 6.07) is 4.81. The number of amides is 1. The summed E-state index contributed by atoms with van der Waals surface area (Å²) in [4.78, 5) is 13.2. The Morgan fingerprint density at radius 3 is 2.72 bits per heavy atom. The quantitative estimate of drug-likeness (QED) is 0.926. The van der Waals surface area contributed by atoms with Gasteiger partial charge in [-0.15, -0.1) is 0 Å². The summed E-state index contributed by atoms with van der Waals surface area (Å²) in [6.07, 6.45) is 0. The van der Waals surface area contributed by atoms with Crippen molar-refractivity contribution in [2.24, 2.45) is 0 Å². The molecule has 1 N–H and O–H groups in total. The molecule has 0 saturated carbocycles. The monoisotopic (exact) mass is 289 g/mol. The van der Waals surface area contributed by atoms with Gasteiger partial charge in [0.1, 0.15) is 5.75 Å². The SMILES string of the molecule is CC1(O)CN(C(=O)COc2ccc(Cl)cc2Cl)C1. The van der Waals surface area contributed by atoms with Crippen molar-refractivity contribution in [2.75, 3.05) is 19.7 Å². The van der Waals surface area contributed by atoms with Gasteiger partial charge < -0.3 is 14.7 Å². The third-order valence-electron chi connectivity index (χ3n) is 2.66. The predicted molar refractivity (Wildman–Crippen MR) is 69.2 cm³/mol. The van der Waals surface area contributed by atoms with Gasteiger partial charge in [0, 0.05) is 5.02 Å². The Hall–Kier alpha value is -0.970. The van der Waals surface area contributed by atoms with Gasteiger partial charge in [-0.2, -0.15) is 0 Å². The number of hydrogen-bond acceptors (Lipinski definition) is 3. The van der Waals surface area contributed by atoms with E-state index in [1.165, 1.54) is 4.90 Å². The molecule has 1 aliphatic rings. The molecular formula is C12H13Cl2NO3. The first-order valence-corrected chi connectivity index (χ1v) is 6.21. The summed E-state index contributed by atoms with van der Waals surface area (Å²) in [5.41, 5.74) is -0.770. The molecule has 0 spiro atoms. The van der Waals surface area contributed by atoms with Crippen molar-refractivity contribution < 1.29 is 14.6 Å². The molecule has 2 rings (SSSR count). The van der Waals surface area contributed by atoms with E-state index >= 15 is 0 Å². The fraction of sp³-hybridized carbons (Fsp3) is 0.417. The average molecular weight is 290 g/mol. The van der Waals surface area contributed by atoms with Gasteiger partial charge in [-0.25, -0.2) is 0 Å². The molecule has 4 nitrogen and oxygen atoms in total. The number of nitrogens with zero attached hydrogens (tertiary/aromatic N) is 1. The van der Waals surface area contributed by atoms with Crippen LogP contribution in [0.25, 0.3) is 0 Å². The van der Waals surface area contributed by atoms with Gasteiger partial charge in [0.05, 0.1) is 23.7 Å². The molecule has 0 unspecified atom stereocenters. The van der Waals surface area contributed by atoms with Gasteiger partial charge in [-0.3, -0.25) is 4.79 Å². The molecule has 1 heterocycles. The zero-order valence-corrected chi connectivity index (χ0v) is 11.3. The van der Waals surface area contributed by atoms with E-state index in [0.717, 1.165) is 0 Å². The summed E-state index contributed by atoms with van der Waals surface area (Å²) in [5.74, 6) is 0.245. The molecule has 6 heteroatoms. The van der Waals surface area contributed by atoms with Gasteiger partial charge in [0.15, 0.2) is 6.61 Å². The summed E-state index contributed by atoms with van der Waals surface area (Å²) in [6.45, 7) is 2.26. The van der Waals surface area contributed by atoms with E-state index in [9.17, 15) is 9.90 Å². The fourth-order valence-electron chi connectivity index (χ4n) is 1.78. The number of carbonyl (C=O) groups is 1. The zero-order chi connectivity index (χ0) is 13.3. The van der Waals surface area contributed by atoms with Crippen LogP contribution in [0, 0.1) is 0 Å². The average Bonchev–Trinajstić information content (AvgIpc) is 2.24. The van der Waals surface area contributed by atoms with Crippen molar-refractivity contribution in [1.29, 1.82) is 0 Å². The summed E-state index contributed by atoms with van der Waals surface area (Å²) < 4.78 is 5.32. The van der Waals surface area contributed by atoms with Crippen LogP contribution < -0.4 is 4.74 Å². The maximum absolute atomic E-state index is 11.7. The number of rotatable bonds is 3. The Labute approximate surface area is 115 Å². The van der Waals surface area contributed by atoms with Crippen LogP contribution in [0.2, 0.25) is 10.0 Å². The highest BCUT2D eigenvalue weighted by Gasteiger charge is 2.39. The Bertz CT molecular complexity index is 468. The summed E-state index contributed by atoms with van der Waals surface area (Å²) in [5, 5.41) is 10.4. The van der Waals surface area contributed by atoms with Gasteiger partial charge in [-0.05, 0) is 25.1 Å². The zero-order valence-electron chi connectivity index (χ0n) is 9.82. The Morgan fingerprint density at radius 1 is 1.50 bits per heavy atom. The lowest BCUT2D eigenvalue weighted by Gasteiger charge is -2.43. The van der Waals surface area contributed by atoms with Gasteiger partial charge in [0.2, 0.25) is 0 Å². The highest BCUT2D eigenvalue weighted by Crippen LogP contribution is 2.27. The largest absolute Gasteiger partial charge is 0.482 e. The minimum atomic E-state index is -0.770. The number of benzene rings is 1. The minimum absolute atomic E-state index is 0.0998. The lowest BCUT2D eigenvalue weighted by molar-refractivity contribution is -0.154. The molecule has 1 fully saturated rings. The van der Waals surface area contributed by atoms with Crippen molar-refractivity contribution in [3.63, 3.8) is 0 Å². The first-order chi connectivity index (χ1) is 8.37. The van der Waals surface area contributed by atoms with Crippen LogP contribution in [0.1, 0.15) is 6.92 Å². The summed E-state index contributed by atoms with van der Waals surface area (Å²) >= 11 is 11.7. The van der Waals surface area contributed by atoms with E-state index in [0.29, 0.717) is 28.9 Å². The standard InChI is InChI=1S/C12H13Cl2NO3/c1-12(17)6-15(7-12)11(16)5-18-10-3-2-8(13)4-9(10)14/h2-4,17H,5-7H2,1H3. The predicted octanol–water partition coefficient (Wildman–Crippen LogP) is 1.97. The van der Waals surface area contributed by atoms with E-state index in [1.54, 1.807) is 25.1 Å². The van der Waals surface area contributed by atoms with Crippen molar-refractivity contribution in [1.82, 2.24) is 4.90 Å². The number of ether oxygens (including phenoxy) is 1. The molecule has 0 aliphatic carbocycles. The topological polar surface area (TPSA) is 49.8 Å². The lowest BCUT2D eigenvalue weighted by Crippen LogP contribution is -2.62. The summed E-state index contributed by atoms with van der Waals surface area (Å²) in [7, 11) is 0. The molecule has 0 aromatic heterocycles. The van der Waals surface area contributed by atoms with Crippen LogP contribution in [-0.4, -0.2) is 41.2 Å². The Kier molecular flexibility index (Phi) is 3.71. The third kappa shape index (κ3) is 3.07. The maximum Gasteiger partial charge on any atom is 0.260 e. The molecule has 0 radical (unpaired) electrons. The fourth-order valence-corrected chi connectivity index (χ4v) is 2.24. The number of carbonyl (C=O) groups excluding carboxylic acids is 1. The molecule has 0 bridgehead atoms. The minimum Gasteiger partial charge on any atom is -0.482 e. The number of hydrogen-bond donors (Lipinski definition) is 1. The first-order valence-electron chi connectivity index (χ1n) is 5.45. The lowest BCUT2D eigenvalue weighted by atomic mass is 9.97. The van der Waals surface area contributed by atoms with Crippen LogP contribution in [0.15, 0.2) is 18.2 Å². The molecule has 1 aliphatic heterocycles. The Balaban J connectivity index is 1.86. The highest BCUT2D eigenvalue weighted by molar-refractivity contribution is 6.35. The van der Waals surface area contributed by atoms with E-state index in [2.05, 4.69) is 0 Å². The number of aliphatic hydroxyl groups is 1. The molecule has 1 aromatic carbocycles. The number of halogens is 2. The van der Waals surface area contributed by atoms with Crippen molar-refractivity contribution >= 4 is 29.1 Å². The normalized spacial score (nSPS) is 17.2. The first kappa shape index (κ1) is 13.5. The van der Waals surface area contributed by atoms with Crippen LogP contribution in [0.3, 0.4) is 0 Å². The molecule has 98 valence electrons. The third-order valence-corrected chi connectivity index (χ3v) is 3.19. The van der Waals surface area contributed by atoms with Crippen LogP contribution in [0.4, 0.5) is 0 Å². The van der Waals surface area contributed by atoms with Crippen LogP contribution >= 0.6 is 23.2 Å². The second kappa shape index (κ2) is 4.96. The number of β-amino-alcohol motifs (C(OH)–C–C–N with tert-alkyl or cyclic N) is 1. The molecule has 1 amide bonds. The van der Waals surface area contributed by atoms with Gasteiger partial charge in [0.25, 0.3) is 5.91 Å². The van der Waals surface area contributed by atoms with E-state index in [-0.39, 0.29) is 12.5 Å². The molecule has 1 aromatic rings. The molecular weight excluding hydrogens is 277 g/mol. The van der Waals surface area contributed by atoms with Gasteiger partial charge >= 0.3 is 0 Å². The molecule has 1 saturated heterocycles. The second-order valence-electron chi connectivity index (χ2n) is 4.61. The maximum atomic E-state index is 11.7. The van der Waals surface area contributed by atoms with Gasteiger partial charge in [-0.1, -0.05) is 23.2 Å². The van der Waals surface area contributed by atoms with Crippen molar-refractivity contribution in [2.45, 2.75) is 12.5 Å². The Morgan fingerprint density at radius 2 is 2.17 bits per heavy atom. The second-order valence-corrected chi connectivity index (χ2v) is 5.45. The van der Waals surface area contributed by atoms with Crippen molar-refractivity contribution in [3.05, 3.63) is 28.2 Å². The molecule has 18 heavy (non-hydrogen) atoms. The van der Waals surface area contributed by atoms with Crippen LogP contribution in [-0.2, 0) is 4.79 Å². The molecule has 0 atom stereocenters. The van der Waals surface area contributed by atoms with E-state index in [1.807, 2.05) is 0 Å². The highest BCUT2D eigenvalue weighted by atomic mass is 35.5.